The van der Waals surface area contributed by atoms with E-state index in [0.29, 0.717) is 13.2 Å². The number of aromatic nitrogens is 5. The van der Waals surface area contributed by atoms with E-state index < -0.39 is 0 Å². The molecule has 0 N–H and O–H groups in total. The molecule has 156 valence electrons. The van der Waals surface area contributed by atoms with Gasteiger partial charge in [0.05, 0.1) is 17.8 Å². The third-order valence-electron chi connectivity index (χ3n) is 5.65. The predicted molar refractivity (Wildman–Crippen MR) is 119 cm³/mol. The SMILES string of the molecule is Cc1onc(-c2ccccc2)c1-c1nnc2n1Cc1ccc(OCc3ccccn3)cc1-2. The van der Waals surface area contributed by atoms with Crippen molar-refractivity contribution in [2.45, 2.75) is 20.1 Å². The zero-order valence-electron chi connectivity index (χ0n) is 17.4. The van der Waals surface area contributed by atoms with Crippen molar-refractivity contribution >= 4 is 0 Å². The van der Waals surface area contributed by atoms with Crippen LogP contribution in [0.2, 0.25) is 0 Å². The lowest BCUT2D eigenvalue weighted by Crippen LogP contribution is -1.99. The fourth-order valence-corrected chi connectivity index (χ4v) is 4.07. The molecule has 0 bridgehead atoms. The number of aryl methyl sites for hydroxylation is 1. The van der Waals surface area contributed by atoms with Gasteiger partial charge in [-0.3, -0.25) is 4.98 Å². The zero-order chi connectivity index (χ0) is 21.5. The van der Waals surface area contributed by atoms with E-state index >= 15 is 0 Å². The van der Waals surface area contributed by atoms with E-state index in [1.165, 1.54) is 5.56 Å². The van der Waals surface area contributed by atoms with Crippen LogP contribution in [0.4, 0.5) is 0 Å². The summed E-state index contributed by atoms with van der Waals surface area (Å²) in [6.45, 7) is 3.01. The van der Waals surface area contributed by atoms with Gasteiger partial charge in [-0.25, -0.2) is 0 Å². The maximum absolute atomic E-state index is 5.96. The average molecular weight is 421 g/mol. The van der Waals surface area contributed by atoms with Crippen LogP contribution in [0.1, 0.15) is 17.0 Å². The van der Waals surface area contributed by atoms with E-state index in [1.54, 1.807) is 6.20 Å². The molecule has 0 saturated carbocycles. The minimum Gasteiger partial charge on any atom is -0.487 e. The first-order valence-electron chi connectivity index (χ1n) is 10.4. The Hall–Kier alpha value is -4.26. The van der Waals surface area contributed by atoms with E-state index in [9.17, 15) is 0 Å². The maximum atomic E-state index is 5.96. The number of rotatable bonds is 5. The van der Waals surface area contributed by atoms with Crippen LogP contribution in [-0.4, -0.2) is 24.9 Å². The third kappa shape index (κ3) is 3.06. The number of nitrogens with zero attached hydrogens (tertiary/aromatic N) is 5. The Morgan fingerprint density at radius 3 is 2.66 bits per heavy atom. The van der Waals surface area contributed by atoms with Crippen LogP contribution in [-0.2, 0) is 13.2 Å². The van der Waals surface area contributed by atoms with Crippen LogP contribution < -0.4 is 4.74 Å². The van der Waals surface area contributed by atoms with E-state index in [4.69, 9.17) is 9.26 Å². The van der Waals surface area contributed by atoms with Crippen molar-refractivity contribution in [2.75, 3.05) is 0 Å². The fraction of sp³-hybridized carbons (Fsp3) is 0.120. The van der Waals surface area contributed by atoms with Crippen LogP contribution in [0.25, 0.3) is 34.0 Å². The summed E-state index contributed by atoms with van der Waals surface area (Å²) in [5.41, 5.74) is 5.71. The molecule has 3 aromatic heterocycles. The van der Waals surface area contributed by atoms with Crippen LogP contribution in [0.15, 0.2) is 77.4 Å². The zero-order valence-corrected chi connectivity index (χ0v) is 17.4. The van der Waals surface area contributed by atoms with Crippen LogP contribution in [0, 0.1) is 6.92 Å². The molecule has 7 heteroatoms. The molecule has 1 aliphatic rings. The molecular weight excluding hydrogens is 402 g/mol. The summed E-state index contributed by atoms with van der Waals surface area (Å²) in [5.74, 6) is 3.07. The Kier molecular flexibility index (Phi) is 4.31. The first kappa shape index (κ1) is 18.5. The van der Waals surface area contributed by atoms with Gasteiger partial charge in [-0.2, -0.15) is 0 Å². The van der Waals surface area contributed by atoms with Crippen molar-refractivity contribution in [2.24, 2.45) is 0 Å². The Morgan fingerprint density at radius 1 is 0.969 bits per heavy atom. The average Bonchev–Trinajstić information content (AvgIpc) is 3.52. The van der Waals surface area contributed by atoms with Gasteiger partial charge in [0.15, 0.2) is 11.6 Å². The summed E-state index contributed by atoms with van der Waals surface area (Å²) in [4.78, 5) is 4.31. The van der Waals surface area contributed by atoms with Crippen molar-refractivity contribution in [3.63, 3.8) is 0 Å². The van der Waals surface area contributed by atoms with Crippen LogP contribution in [0.5, 0.6) is 5.75 Å². The number of fused-ring (bicyclic) bond motifs is 3. The molecular formula is C25H19N5O2. The van der Waals surface area contributed by atoms with Gasteiger partial charge in [-0.1, -0.05) is 47.6 Å². The predicted octanol–water partition coefficient (Wildman–Crippen LogP) is 4.91. The first-order valence-corrected chi connectivity index (χ1v) is 10.4. The lowest BCUT2D eigenvalue weighted by molar-refractivity contribution is 0.301. The maximum Gasteiger partial charge on any atom is 0.170 e. The summed E-state index contributed by atoms with van der Waals surface area (Å²) in [6.07, 6.45) is 1.77. The molecule has 0 spiro atoms. The Morgan fingerprint density at radius 2 is 1.81 bits per heavy atom. The van der Waals surface area contributed by atoms with E-state index in [2.05, 4.69) is 31.0 Å². The van der Waals surface area contributed by atoms with Crippen LogP contribution >= 0.6 is 0 Å². The molecule has 1 aliphatic heterocycles. The molecule has 0 radical (unpaired) electrons. The normalized spacial score (nSPS) is 11.9. The van der Waals surface area contributed by atoms with E-state index in [0.717, 1.165) is 51.2 Å². The second kappa shape index (κ2) is 7.46. The highest BCUT2D eigenvalue weighted by Gasteiger charge is 2.29. The molecule has 5 aromatic rings. The third-order valence-corrected chi connectivity index (χ3v) is 5.65. The highest BCUT2D eigenvalue weighted by Crippen LogP contribution is 2.39. The summed E-state index contributed by atoms with van der Waals surface area (Å²) in [5, 5.41) is 13.3. The summed E-state index contributed by atoms with van der Waals surface area (Å²) in [7, 11) is 0. The summed E-state index contributed by atoms with van der Waals surface area (Å²) >= 11 is 0. The van der Waals surface area contributed by atoms with E-state index in [-0.39, 0.29) is 0 Å². The number of ether oxygens (including phenoxy) is 1. The molecule has 4 heterocycles. The lowest BCUT2D eigenvalue weighted by atomic mass is 10.1. The van der Waals surface area contributed by atoms with Crippen molar-refractivity contribution in [3.05, 3.63) is 89.9 Å². The number of hydrogen-bond donors (Lipinski definition) is 0. The van der Waals surface area contributed by atoms with Gasteiger partial charge in [0.1, 0.15) is 23.8 Å². The second-order valence-corrected chi connectivity index (χ2v) is 7.69. The van der Waals surface area contributed by atoms with Gasteiger partial charge in [0, 0.05) is 17.3 Å². The molecule has 0 amide bonds. The highest BCUT2D eigenvalue weighted by molar-refractivity contribution is 5.80. The summed E-state index contributed by atoms with van der Waals surface area (Å²) in [6, 6.07) is 21.9. The number of hydrogen-bond acceptors (Lipinski definition) is 6. The Labute approximate surface area is 184 Å². The minimum atomic E-state index is 0.415. The molecule has 0 fully saturated rings. The molecule has 32 heavy (non-hydrogen) atoms. The topological polar surface area (TPSA) is 78.9 Å². The molecule has 0 atom stereocenters. The number of pyridine rings is 1. The molecule has 6 rings (SSSR count). The Balaban J connectivity index is 1.35. The lowest BCUT2D eigenvalue weighted by Gasteiger charge is -2.07. The van der Waals surface area contributed by atoms with Crippen LogP contribution in [0.3, 0.4) is 0 Å². The highest BCUT2D eigenvalue weighted by atomic mass is 16.5. The molecule has 0 aliphatic carbocycles. The molecule has 2 aromatic carbocycles. The van der Waals surface area contributed by atoms with Crippen molar-refractivity contribution in [1.29, 1.82) is 0 Å². The standard InChI is InChI=1S/C25H19N5O2/c1-16-22(23(29-32-16)17-7-3-2-4-8-17)25-28-27-24-21-13-20(11-10-18(21)14-30(24)25)31-15-19-9-5-6-12-26-19/h2-13H,14-15H2,1H3. The van der Waals surface area contributed by atoms with Crippen molar-refractivity contribution in [3.8, 4) is 39.8 Å². The largest absolute Gasteiger partial charge is 0.487 e. The van der Waals surface area contributed by atoms with Crippen molar-refractivity contribution in [1.82, 2.24) is 24.9 Å². The van der Waals surface area contributed by atoms with Gasteiger partial charge in [0.2, 0.25) is 0 Å². The van der Waals surface area contributed by atoms with Gasteiger partial charge < -0.3 is 13.8 Å². The second-order valence-electron chi connectivity index (χ2n) is 7.69. The number of benzene rings is 2. The van der Waals surface area contributed by atoms with Gasteiger partial charge >= 0.3 is 0 Å². The smallest absolute Gasteiger partial charge is 0.170 e. The van der Waals surface area contributed by atoms with Crippen molar-refractivity contribution < 1.29 is 9.26 Å². The minimum absolute atomic E-state index is 0.415. The van der Waals surface area contributed by atoms with E-state index in [1.807, 2.05) is 67.6 Å². The van der Waals surface area contributed by atoms with Gasteiger partial charge in [-0.05, 0) is 36.8 Å². The quantitative estimate of drug-likeness (QED) is 0.393. The fourth-order valence-electron chi connectivity index (χ4n) is 4.07. The summed E-state index contributed by atoms with van der Waals surface area (Å²) < 4.78 is 13.6. The molecule has 0 saturated heterocycles. The first-order chi connectivity index (χ1) is 15.8. The monoisotopic (exact) mass is 421 g/mol. The molecule has 7 nitrogen and oxygen atoms in total. The van der Waals surface area contributed by atoms with Gasteiger partial charge in [-0.15, -0.1) is 10.2 Å². The Bertz CT molecular complexity index is 1410. The molecule has 0 unspecified atom stereocenters. The van der Waals surface area contributed by atoms with Gasteiger partial charge in [0.25, 0.3) is 0 Å².